The van der Waals surface area contributed by atoms with Crippen LogP contribution in [-0.4, -0.2) is 6.54 Å². The molecule has 0 bridgehead atoms. The maximum absolute atomic E-state index is 5.87. The number of rotatable bonds is 6. The van der Waals surface area contributed by atoms with E-state index < -0.39 is 0 Å². The third kappa shape index (κ3) is 5.73. The van der Waals surface area contributed by atoms with Crippen molar-refractivity contribution in [1.82, 2.24) is 0 Å². The van der Waals surface area contributed by atoms with Crippen LogP contribution in [0.2, 0.25) is 0 Å². The van der Waals surface area contributed by atoms with Gasteiger partial charge in [0.15, 0.2) is 6.54 Å². The van der Waals surface area contributed by atoms with Crippen molar-refractivity contribution in [3.63, 3.8) is 0 Å². The fraction of sp³-hybridized carbons (Fsp3) is 0.0870. The Kier molecular flexibility index (Phi) is 7.16. The molecule has 2 N–H and O–H groups in total. The Morgan fingerprint density at radius 3 is 1.52 bits per heavy atom. The minimum absolute atomic E-state index is 0.590. The quantitative estimate of drug-likeness (QED) is 0.440. The molecule has 0 saturated carbocycles. The molecule has 2 nitrogen and oxygen atoms in total. The molecular formula is C23H21Br2N2+. The number of nitrogens with two attached hydrogens (primary N) is 1. The lowest BCUT2D eigenvalue weighted by atomic mass is 10.1. The number of hydrogen-bond acceptors (Lipinski definition) is 1. The lowest BCUT2D eigenvalue weighted by Gasteiger charge is -2.03. The number of halogens is 2. The first-order valence-electron chi connectivity index (χ1n) is 8.76. The number of pyridine rings is 1. The monoisotopic (exact) mass is 483 g/mol. The second kappa shape index (κ2) is 9.79. The van der Waals surface area contributed by atoms with Gasteiger partial charge in [0.25, 0.3) is 0 Å². The van der Waals surface area contributed by atoms with Gasteiger partial charge in [-0.3, -0.25) is 0 Å². The molecule has 0 aliphatic heterocycles. The van der Waals surface area contributed by atoms with E-state index >= 15 is 0 Å². The van der Waals surface area contributed by atoms with Crippen LogP contribution in [0.25, 0.3) is 24.3 Å². The average Bonchev–Trinajstić information content (AvgIpc) is 2.68. The van der Waals surface area contributed by atoms with Gasteiger partial charge in [0.05, 0.1) is 6.54 Å². The van der Waals surface area contributed by atoms with Gasteiger partial charge in [0.1, 0.15) is 0 Å². The summed E-state index contributed by atoms with van der Waals surface area (Å²) in [6.45, 7) is 1.35. The van der Waals surface area contributed by atoms with Crippen LogP contribution in [0.5, 0.6) is 0 Å². The van der Waals surface area contributed by atoms with Crippen molar-refractivity contribution in [2.45, 2.75) is 6.54 Å². The molecule has 0 atom stereocenters. The second-order valence-electron chi connectivity index (χ2n) is 6.09. The van der Waals surface area contributed by atoms with Crippen LogP contribution < -0.4 is 10.3 Å². The molecule has 0 fully saturated rings. The van der Waals surface area contributed by atoms with Crippen LogP contribution in [0.15, 0.2) is 75.7 Å². The summed E-state index contributed by atoms with van der Waals surface area (Å²) in [5, 5.41) is 0. The topological polar surface area (TPSA) is 29.9 Å². The van der Waals surface area contributed by atoms with Gasteiger partial charge in [0.2, 0.25) is 11.4 Å². The van der Waals surface area contributed by atoms with Gasteiger partial charge >= 0.3 is 0 Å². The third-order valence-electron chi connectivity index (χ3n) is 4.14. The Labute approximate surface area is 177 Å². The fourth-order valence-electron chi connectivity index (χ4n) is 2.76. The highest BCUT2D eigenvalue weighted by Gasteiger charge is 2.11. The van der Waals surface area contributed by atoms with Crippen LogP contribution >= 0.6 is 31.9 Å². The molecule has 0 saturated heterocycles. The van der Waals surface area contributed by atoms with Crippen LogP contribution in [0, 0.1) is 0 Å². The van der Waals surface area contributed by atoms with Gasteiger partial charge < -0.3 is 5.73 Å². The van der Waals surface area contributed by atoms with Crippen molar-refractivity contribution in [1.29, 1.82) is 0 Å². The predicted molar refractivity (Wildman–Crippen MR) is 122 cm³/mol. The summed E-state index contributed by atoms with van der Waals surface area (Å²) in [6, 6.07) is 22.8. The normalized spacial score (nSPS) is 11.5. The van der Waals surface area contributed by atoms with Gasteiger partial charge in [0, 0.05) is 33.2 Å². The van der Waals surface area contributed by atoms with Gasteiger partial charge in [-0.25, -0.2) is 0 Å². The molecule has 1 heterocycles. The van der Waals surface area contributed by atoms with E-state index in [1.54, 1.807) is 0 Å². The summed E-state index contributed by atoms with van der Waals surface area (Å²) in [4.78, 5) is 0. The molecule has 0 radical (unpaired) electrons. The van der Waals surface area contributed by atoms with Crippen LogP contribution in [0.4, 0.5) is 0 Å². The molecule has 0 spiro atoms. The van der Waals surface area contributed by atoms with E-state index in [1.807, 2.05) is 24.3 Å². The number of hydrogen-bond donors (Lipinski definition) is 1. The second-order valence-corrected chi connectivity index (χ2v) is 7.92. The minimum Gasteiger partial charge on any atom is -0.325 e. The third-order valence-corrected chi connectivity index (χ3v) is 5.20. The van der Waals surface area contributed by atoms with Gasteiger partial charge in [-0.1, -0.05) is 56.1 Å². The summed E-state index contributed by atoms with van der Waals surface area (Å²) in [6.07, 6.45) is 8.51. The van der Waals surface area contributed by atoms with Crippen molar-refractivity contribution in [3.05, 3.63) is 98.2 Å². The van der Waals surface area contributed by atoms with E-state index in [0.717, 1.165) is 38.0 Å². The van der Waals surface area contributed by atoms with Crippen LogP contribution in [0.1, 0.15) is 22.5 Å². The molecule has 3 aromatic rings. The molecular weight excluding hydrogens is 464 g/mol. The maximum Gasteiger partial charge on any atom is 0.205 e. The first-order valence-corrected chi connectivity index (χ1v) is 10.3. The van der Waals surface area contributed by atoms with Crippen molar-refractivity contribution in [3.8, 4) is 0 Å². The largest absolute Gasteiger partial charge is 0.325 e. The fourth-order valence-corrected chi connectivity index (χ4v) is 3.29. The van der Waals surface area contributed by atoms with Crippen molar-refractivity contribution < 1.29 is 4.57 Å². The SMILES string of the molecule is NCC[n+]1c(/C=C/c2ccc(Br)cc2)cccc1/C=C/c1ccc(Br)cc1. The van der Waals surface area contributed by atoms with E-state index in [4.69, 9.17) is 5.73 Å². The van der Waals surface area contributed by atoms with Crippen molar-refractivity contribution in [2.75, 3.05) is 6.54 Å². The summed E-state index contributed by atoms with van der Waals surface area (Å²) in [5.41, 5.74) is 10.4. The Bertz CT molecular complexity index is 869. The number of aromatic nitrogens is 1. The average molecular weight is 485 g/mol. The smallest absolute Gasteiger partial charge is 0.205 e. The highest BCUT2D eigenvalue weighted by atomic mass is 79.9. The highest BCUT2D eigenvalue weighted by Crippen LogP contribution is 2.14. The molecule has 0 unspecified atom stereocenters. The lowest BCUT2D eigenvalue weighted by Crippen LogP contribution is -2.43. The first-order chi connectivity index (χ1) is 13.2. The van der Waals surface area contributed by atoms with Gasteiger partial charge in [-0.2, -0.15) is 4.57 Å². The summed E-state index contributed by atoms with van der Waals surface area (Å²) in [7, 11) is 0. The molecule has 1 aromatic heterocycles. The molecule has 3 rings (SSSR count). The Balaban J connectivity index is 1.89. The van der Waals surface area contributed by atoms with Crippen LogP contribution in [-0.2, 0) is 6.54 Å². The molecule has 0 amide bonds. The Hall–Kier alpha value is -2.01. The van der Waals surface area contributed by atoms with Crippen molar-refractivity contribution >= 4 is 56.2 Å². The summed E-state index contributed by atoms with van der Waals surface area (Å²) >= 11 is 6.94. The summed E-state index contributed by atoms with van der Waals surface area (Å²) in [5.74, 6) is 0. The van der Waals surface area contributed by atoms with Crippen LogP contribution in [0.3, 0.4) is 0 Å². The number of nitrogens with zero attached hydrogens (tertiary/aromatic N) is 1. The Morgan fingerprint density at radius 1 is 0.667 bits per heavy atom. The summed E-state index contributed by atoms with van der Waals surface area (Å²) < 4.78 is 4.40. The van der Waals surface area contributed by atoms with Gasteiger partial charge in [-0.15, -0.1) is 0 Å². The molecule has 27 heavy (non-hydrogen) atoms. The van der Waals surface area contributed by atoms with E-state index in [1.165, 1.54) is 0 Å². The standard InChI is InChI=1S/C23H21Br2N2/c24-20-10-4-18(5-11-20)8-14-22-2-1-3-23(27(22)17-16-26)15-9-19-6-12-21(25)13-7-19/h1-15H,16-17,26H2/q+1/b14-8+,15-9+. The number of benzene rings is 2. The minimum atomic E-state index is 0.590. The lowest BCUT2D eigenvalue weighted by molar-refractivity contribution is -0.697. The molecule has 136 valence electrons. The van der Waals surface area contributed by atoms with Crippen molar-refractivity contribution in [2.24, 2.45) is 5.73 Å². The van der Waals surface area contributed by atoms with E-state index in [-0.39, 0.29) is 0 Å². The molecule has 0 aliphatic rings. The van der Waals surface area contributed by atoms with Gasteiger partial charge in [-0.05, 0) is 53.6 Å². The van der Waals surface area contributed by atoms with E-state index in [0.29, 0.717) is 6.54 Å². The Morgan fingerprint density at radius 2 is 1.11 bits per heavy atom. The zero-order valence-corrected chi connectivity index (χ0v) is 18.0. The molecule has 0 aliphatic carbocycles. The zero-order valence-electron chi connectivity index (χ0n) is 14.9. The van der Waals surface area contributed by atoms with E-state index in [9.17, 15) is 0 Å². The molecule has 4 heteroatoms. The maximum atomic E-state index is 5.87. The predicted octanol–water partition coefficient (Wildman–Crippen LogP) is 5.80. The first kappa shape index (κ1) is 19.7. The molecule has 2 aromatic carbocycles. The van der Waals surface area contributed by atoms with E-state index in [2.05, 4.69) is 103 Å². The highest BCUT2D eigenvalue weighted by molar-refractivity contribution is 9.10. The zero-order chi connectivity index (χ0) is 19.1.